The highest BCUT2D eigenvalue weighted by atomic mass is 35.5. The van der Waals surface area contributed by atoms with Crippen molar-refractivity contribution in [2.24, 2.45) is 0 Å². The van der Waals surface area contributed by atoms with Gasteiger partial charge in [-0.3, -0.25) is 4.79 Å². The van der Waals surface area contributed by atoms with Gasteiger partial charge >= 0.3 is 0 Å². The SMILES string of the molecule is Cc1nc(C(=O)N2CCC2)nn1-c1ccc(Cl)cc1. The van der Waals surface area contributed by atoms with Crippen LogP contribution in [0.3, 0.4) is 0 Å². The van der Waals surface area contributed by atoms with Gasteiger partial charge in [-0.15, -0.1) is 5.10 Å². The highest BCUT2D eigenvalue weighted by molar-refractivity contribution is 6.30. The van der Waals surface area contributed by atoms with Gasteiger partial charge in [0.1, 0.15) is 5.82 Å². The lowest BCUT2D eigenvalue weighted by Gasteiger charge is -2.29. The zero-order valence-corrected chi connectivity index (χ0v) is 11.3. The Morgan fingerprint density at radius 2 is 1.95 bits per heavy atom. The lowest BCUT2D eigenvalue weighted by molar-refractivity contribution is 0.0639. The third-order valence-corrected chi connectivity index (χ3v) is 3.43. The quantitative estimate of drug-likeness (QED) is 0.844. The minimum absolute atomic E-state index is 0.0953. The molecule has 0 bridgehead atoms. The summed E-state index contributed by atoms with van der Waals surface area (Å²) in [7, 11) is 0. The van der Waals surface area contributed by atoms with Crippen LogP contribution >= 0.6 is 11.6 Å². The van der Waals surface area contributed by atoms with Gasteiger partial charge in [0, 0.05) is 18.1 Å². The summed E-state index contributed by atoms with van der Waals surface area (Å²) in [5.41, 5.74) is 0.844. The van der Waals surface area contributed by atoms with Crippen molar-refractivity contribution in [3.63, 3.8) is 0 Å². The van der Waals surface area contributed by atoms with Crippen LogP contribution in [0.25, 0.3) is 5.69 Å². The zero-order valence-electron chi connectivity index (χ0n) is 10.5. The van der Waals surface area contributed by atoms with E-state index in [9.17, 15) is 4.79 Å². The molecule has 1 aliphatic heterocycles. The standard InChI is InChI=1S/C13H13ClN4O/c1-9-15-12(13(19)17-7-2-8-17)16-18(9)11-5-3-10(14)4-6-11/h3-6H,2,7-8H2,1H3. The fourth-order valence-electron chi connectivity index (χ4n) is 1.97. The first-order valence-electron chi connectivity index (χ1n) is 6.14. The fraction of sp³-hybridized carbons (Fsp3) is 0.308. The van der Waals surface area contributed by atoms with Crippen LogP contribution in [-0.4, -0.2) is 38.7 Å². The number of aryl methyl sites for hydroxylation is 1. The topological polar surface area (TPSA) is 51.0 Å². The molecular weight excluding hydrogens is 264 g/mol. The Bertz CT molecular complexity index is 616. The van der Waals surface area contributed by atoms with E-state index >= 15 is 0 Å². The lowest BCUT2D eigenvalue weighted by atomic mass is 10.2. The monoisotopic (exact) mass is 276 g/mol. The molecule has 0 atom stereocenters. The van der Waals surface area contributed by atoms with Gasteiger partial charge in [-0.05, 0) is 37.6 Å². The molecule has 0 N–H and O–H groups in total. The molecule has 0 saturated carbocycles. The minimum atomic E-state index is -0.0953. The molecule has 0 aliphatic carbocycles. The average Bonchev–Trinajstić information content (AvgIpc) is 2.70. The summed E-state index contributed by atoms with van der Waals surface area (Å²) >= 11 is 5.86. The summed E-state index contributed by atoms with van der Waals surface area (Å²) in [6.07, 6.45) is 1.06. The van der Waals surface area contributed by atoms with Crippen molar-refractivity contribution in [2.75, 3.05) is 13.1 Å². The van der Waals surface area contributed by atoms with Crippen molar-refractivity contribution >= 4 is 17.5 Å². The summed E-state index contributed by atoms with van der Waals surface area (Å²) in [5.74, 6) is 0.848. The number of halogens is 1. The van der Waals surface area contributed by atoms with E-state index in [0.717, 1.165) is 25.2 Å². The van der Waals surface area contributed by atoms with Crippen LogP contribution in [0.4, 0.5) is 0 Å². The van der Waals surface area contributed by atoms with E-state index in [1.54, 1.807) is 21.7 Å². The normalized spacial score (nSPS) is 14.3. The van der Waals surface area contributed by atoms with Crippen molar-refractivity contribution in [3.05, 3.63) is 40.9 Å². The van der Waals surface area contributed by atoms with Gasteiger partial charge in [0.2, 0.25) is 5.82 Å². The molecule has 0 spiro atoms. The first-order chi connectivity index (χ1) is 9.15. The number of carbonyl (C=O) groups excluding carboxylic acids is 1. The molecule has 0 unspecified atom stereocenters. The molecule has 2 heterocycles. The van der Waals surface area contributed by atoms with Gasteiger partial charge in [-0.1, -0.05) is 11.6 Å². The molecule has 0 radical (unpaired) electrons. The van der Waals surface area contributed by atoms with Crippen LogP contribution in [-0.2, 0) is 0 Å². The smallest absolute Gasteiger partial charge is 0.293 e. The van der Waals surface area contributed by atoms with Crippen molar-refractivity contribution in [1.29, 1.82) is 0 Å². The van der Waals surface area contributed by atoms with Gasteiger partial charge in [-0.2, -0.15) is 0 Å². The Balaban J connectivity index is 1.92. The second kappa shape index (κ2) is 4.66. The molecule has 1 fully saturated rings. The summed E-state index contributed by atoms with van der Waals surface area (Å²) < 4.78 is 1.66. The van der Waals surface area contributed by atoms with Crippen molar-refractivity contribution in [3.8, 4) is 5.69 Å². The number of aromatic nitrogens is 3. The number of rotatable bonds is 2. The number of likely N-dealkylation sites (tertiary alicyclic amines) is 1. The second-order valence-electron chi connectivity index (χ2n) is 4.52. The van der Waals surface area contributed by atoms with Gasteiger partial charge in [0.25, 0.3) is 5.91 Å². The largest absolute Gasteiger partial charge is 0.336 e. The van der Waals surface area contributed by atoms with Crippen molar-refractivity contribution in [2.45, 2.75) is 13.3 Å². The highest BCUT2D eigenvalue weighted by Crippen LogP contribution is 2.15. The zero-order chi connectivity index (χ0) is 13.4. The van der Waals surface area contributed by atoms with Gasteiger partial charge in [-0.25, -0.2) is 9.67 Å². The number of hydrogen-bond acceptors (Lipinski definition) is 3. The van der Waals surface area contributed by atoms with Crippen LogP contribution in [0.5, 0.6) is 0 Å². The molecule has 19 heavy (non-hydrogen) atoms. The summed E-state index contributed by atoms with van der Waals surface area (Å²) in [5, 5.41) is 4.95. The first-order valence-corrected chi connectivity index (χ1v) is 6.52. The minimum Gasteiger partial charge on any atom is -0.336 e. The first kappa shape index (κ1) is 12.2. The Morgan fingerprint density at radius 1 is 1.26 bits per heavy atom. The number of benzene rings is 1. The van der Waals surface area contributed by atoms with E-state index < -0.39 is 0 Å². The number of carbonyl (C=O) groups is 1. The van der Waals surface area contributed by atoms with E-state index in [1.807, 2.05) is 19.1 Å². The molecule has 98 valence electrons. The molecule has 6 heteroatoms. The maximum Gasteiger partial charge on any atom is 0.293 e. The van der Waals surface area contributed by atoms with E-state index in [1.165, 1.54) is 0 Å². The molecule has 2 aromatic rings. The molecule has 1 saturated heterocycles. The van der Waals surface area contributed by atoms with Gasteiger partial charge in [0.05, 0.1) is 5.69 Å². The Kier molecular flexibility index (Phi) is 2.98. The lowest BCUT2D eigenvalue weighted by Crippen LogP contribution is -2.42. The second-order valence-corrected chi connectivity index (χ2v) is 4.95. The van der Waals surface area contributed by atoms with Crippen LogP contribution in [0.1, 0.15) is 22.9 Å². The summed E-state index contributed by atoms with van der Waals surface area (Å²) in [4.78, 5) is 18.0. The third-order valence-electron chi connectivity index (χ3n) is 3.17. The number of hydrogen-bond donors (Lipinski definition) is 0. The maximum atomic E-state index is 12.0. The van der Waals surface area contributed by atoms with Crippen LogP contribution in [0.2, 0.25) is 5.02 Å². The van der Waals surface area contributed by atoms with Crippen LogP contribution in [0.15, 0.2) is 24.3 Å². The Hall–Kier alpha value is -1.88. The molecule has 1 amide bonds. The van der Waals surface area contributed by atoms with Crippen LogP contribution < -0.4 is 0 Å². The maximum absolute atomic E-state index is 12.0. The van der Waals surface area contributed by atoms with E-state index in [2.05, 4.69) is 10.1 Å². The molecule has 1 aromatic carbocycles. The predicted octanol–water partition coefficient (Wildman–Crippen LogP) is 2.08. The molecule has 5 nitrogen and oxygen atoms in total. The summed E-state index contributed by atoms with van der Waals surface area (Å²) in [6, 6.07) is 7.27. The summed E-state index contributed by atoms with van der Waals surface area (Å²) in [6.45, 7) is 3.43. The Labute approximate surface area is 115 Å². The molecule has 1 aliphatic rings. The van der Waals surface area contributed by atoms with Crippen molar-refractivity contribution < 1.29 is 4.79 Å². The third kappa shape index (κ3) is 2.21. The van der Waals surface area contributed by atoms with E-state index in [4.69, 9.17) is 11.6 Å². The van der Waals surface area contributed by atoms with Crippen LogP contribution in [0, 0.1) is 6.92 Å². The Morgan fingerprint density at radius 3 is 2.53 bits per heavy atom. The molecule has 3 rings (SSSR count). The fourth-order valence-corrected chi connectivity index (χ4v) is 2.09. The van der Waals surface area contributed by atoms with E-state index in [-0.39, 0.29) is 11.7 Å². The van der Waals surface area contributed by atoms with Gasteiger partial charge in [0.15, 0.2) is 0 Å². The number of amides is 1. The van der Waals surface area contributed by atoms with Gasteiger partial charge < -0.3 is 4.90 Å². The molecular formula is C13H13ClN4O. The van der Waals surface area contributed by atoms with Crippen molar-refractivity contribution in [1.82, 2.24) is 19.7 Å². The average molecular weight is 277 g/mol. The van der Waals surface area contributed by atoms with E-state index in [0.29, 0.717) is 10.8 Å². The number of nitrogens with zero attached hydrogens (tertiary/aromatic N) is 4. The molecule has 1 aromatic heterocycles. The highest BCUT2D eigenvalue weighted by Gasteiger charge is 2.25. The predicted molar refractivity (Wildman–Crippen MR) is 71.6 cm³/mol.